The lowest BCUT2D eigenvalue weighted by molar-refractivity contribution is 0.222. The average Bonchev–Trinajstić information content (AvgIpc) is 2.27. The van der Waals surface area contributed by atoms with Gasteiger partial charge in [0.05, 0.1) is 10.4 Å². The molecule has 0 aromatic rings. The van der Waals surface area contributed by atoms with E-state index in [1.54, 1.807) is 0 Å². The van der Waals surface area contributed by atoms with Crippen LogP contribution in [0.15, 0.2) is 5.10 Å². The first-order valence-corrected chi connectivity index (χ1v) is 4.73. The summed E-state index contributed by atoms with van der Waals surface area (Å²) in [6.45, 7) is 3.28. The van der Waals surface area contributed by atoms with Crippen LogP contribution in [0.3, 0.4) is 0 Å². The Morgan fingerprint density at radius 2 is 2.50 bits per heavy atom. The molecule has 2 aliphatic heterocycles. The van der Waals surface area contributed by atoms with Crippen LogP contribution in [-0.4, -0.2) is 22.0 Å². The molecule has 0 N–H and O–H groups in total. The van der Waals surface area contributed by atoms with Crippen LogP contribution >= 0.6 is 11.8 Å². The van der Waals surface area contributed by atoms with Crippen LogP contribution in [0, 0.1) is 0 Å². The smallest absolute Gasteiger partial charge is 0.0980 e. The molecule has 2 nitrogen and oxygen atoms in total. The maximum absolute atomic E-state index is 4.42. The van der Waals surface area contributed by atoms with Crippen LogP contribution in [0.2, 0.25) is 0 Å². The van der Waals surface area contributed by atoms with Gasteiger partial charge in [-0.15, -0.1) is 0 Å². The quantitative estimate of drug-likeness (QED) is 0.532. The topological polar surface area (TPSA) is 15.6 Å². The number of thioether (sulfide) groups is 1. The summed E-state index contributed by atoms with van der Waals surface area (Å²) < 4.78 is 0. The normalized spacial score (nSPS) is 31.9. The molecule has 56 valence electrons. The molecule has 1 atom stereocenters. The number of hydrazone groups is 1. The number of fused-ring (bicyclic) bond motifs is 1. The molecule has 1 saturated heterocycles. The molecule has 1 fully saturated rings. The molecule has 0 spiro atoms. The first-order valence-electron chi connectivity index (χ1n) is 3.85. The van der Waals surface area contributed by atoms with Gasteiger partial charge in [0.15, 0.2) is 0 Å². The standard InChI is InChI=1S/C7H12N2S/c1-6-8-9-5-3-2-4-7(9)10-6/h7H,2-5H2,1H3. The molecule has 2 aliphatic rings. The molecule has 2 rings (SSSR count). The predicted molar refractivity (Wildman–Crippen MR) is 45.0 cm³/mol. The minimum absolute atomic E-state index is 0.689. The lowest BCUT2D eigenvalue weighted by Crippen LogP contribution is -2.29. The zero-order valence-corrected chi connectivity index (χ0v) is 7.02. The second kappa shape index (κ2) is 2.46. The van der Waals surface area contributed by atoms with Crippen LogP contribution in [-0.2, 0) is 0 Å². The minimum Gasteiger partial charge on any atom is -0.283 e. The van der Waals surface area contributed by atoms with Crippen LogP contribution in [0.5, 0.6) is 0 Å². The summed E-state index contributed by atoms with van der Waals surface area (Å²) in [7, 11) is 0. The molecule has 10 heavy (non-hydrogen) atoms. The van der Waals surface area contributed by atoms with Crippen molar-refractivity contribution in [3.05, 3.63) is 0 Å². The second-order valence-corrected chi connectivity index (χ2v) is 4.22. The second-order valence-electron chi connectivity index (χ2n) is 2.85. The van der Waals surface area contributed by atoms with Crippen LogP contribution < -0.4 is 0 Å². The summed E-state index contributed by atoms with van der Waals surface area (Å²) in [5.41, 5.74) is 0. The maximum Gasteiger partial charge on any atom is 0.0980 e. The zero-order chi connectivity index (χ0) is 6.97. The van der Waals surface area contributed by atoms with Crippen molar-refractivity contribution in [3.63, 3.8) is 0 Å². The van der Waals surface area contributed by atoms with E-state index in [0.717, 1.165) is 0 Å². The lowest BCUT2D eigenvalue weighted by Gasteiger charge is -2.26. The fourth-order valence-electron chi connectivity index (χ4n) is 1.52. The molecule has 0 amide bonds. The highest BCUT2D eigenvalue weighted by Gasteiger charge is 2.26. The summed E-state index contributed by atoms with van der Waals surface area (Å²) in [6.07, 6.45) is 4.04. The van der Waals surface area contributed by atoms with Crippen molar-refractivity contribution >= 4 is 16.8 Å². The highest BCUT2D eigenvalue weighted by atomic mass is 32.2. The monoisotopic (exact) mass is 156 g/mol. The van der Waals surface area contributed by atoms with E-state index in [4.69, 9.17) is 0 Å². The van der Waals surface area contributed by atoms with Crippen molar-refractivity contribution in [2.24, 2.45) is 5.10 Å². The fraction of sp³-hybridized carbons (Fsp3) is 0.857. The Morgan fingerprint density at radius 1 is 1.60 bits per heavy atom. The minimum atomic E-state index is 0.689. The van der Waals surface area contributed by atoms with Gasteiger partial charge >= 0.3 is 0 Å². The molecule has 0 aromatic carbocycles. The van der Waals surface area contributed by atoms with E-state index in [1.807, 2.05) is 11.8 Å². The molecule has 0 bridgehead atoms. The van der Waals surface area contributed by atoms with E-state index in [9.17, 15) is 0 Å². The number of hydrogen-bond acceptors (Lipinski definition) is 3. The summed E-state index contributed by atoms with van der Waals surface area (Å²) >= 11 is 1.93. The SMILES string of the molecule is CC1=NN2CCCCC2S1. The largest absolute Gasteiger partial charge is 0.283 e. The Kier molecular flexibility index (Phi) is 1.60. The van der Waals surface area contributed by atoms with Crippen molar-refractivity contribution < 1.29 is 0 Å². The molecule has 0 aromatic heterocycles. The van der Waals surface area contributed by atoms with Crippen LogP contribution in [0.4, 0.5) is 0 Å². The van der Waals surface area contributed by atoms with Crippen molar-refractivity contribution in [1.82, 2.24) is 5.01 Å². The molecule has 1 unspecified atom stereocenters. The third kappa shape index (κ3) is 1.03. The highest BCUT2D eigenvalue weighted by Crippen LogP contribution is 2.32. The Hall–Kier alpha value is -0.180. The third-order valence-electron chi connectivity index (χ3n) is 2.00. The third-order valence-corrected chi connectivity index (χ3v) is 3.17. The van der Waals surface area contributed by atoms with Crippen molar-refractivity contribution in [3.8, 4) is 0 Å². The van der Waals surface area contributed by atoms with E-state index >= 15 is 0 Å². The Bertz CT molecular complexity index is 167. The zero-order valence-electron chi connectivity index (χ0n) is 6.21. The van der Waals surface area contributed by atoms with Gasteiger partial charge in [0.2, 0.25) is 0 Å². The summed E-state index contributed by atoms with van der Waals surface area (Å²) in [6, 6.07) is 0. The van der Waals surface area contributed by atoms with Gasteiger partial charge in [-0.2, -0.15) is 5.10 Å². The number of piperidine rings is 1. The van der Waals surface area contributed by atoms with Gasteiger partial charge < -0.3 is 0 Å². The van der Waals surface area contributed by atoms with E-state index in [0.29, 0.717) is 5.37 Å². The van der Waals surface area contributed by atoms with Gasteiger partial charge in [0.25, 0.3) is 0 Å². The molecule has 0 aliphatic carbocycles. The number of rotatable bonds is 0. The van der Waals surface area contributed by atoms with Gasteiger partial charge in [-0.3, -0.25) is 5.01 Å². The predicted octanol–water partition coefficient (Wildman–Crippen LogP) is 1.88. The molecule has 3 heteroatoms. The van der Waals surface area contributed by atoms with Crippen molar-refractivity contribution in [1.29, 1.82) is 0 Å². The summed E-state index contributed by atoms with van der Waals surface area (Å²) in [5.74, 6) is 0. The van der Waals surface area contributed by atoms with Crippen molar-refractivity contribution in [2.75, 3.05) is 6.54 Å². The Morgan fingerprint density at radius 3 is 3.30 bits per heavy atom. The summed E-state index contributed by atoms with van der Waals surface area (Å²) in [5, 5.41) is 8.59. The Labute approximate surface area is 65.7 Å². The molecule has 0 saturated carbocycles. The fourth-order valence-corrected chi connectivity index (χ4v) is 2.63. The Balaban J connectivity index is 2.06. The lowest BCUT2D eigenvalue weighted by atomic mass is 10.2. The molecule has 0 radical (unpaired) electrons. The van der Waals surface area contributed by atoms with Crippen LogP contribution in [0.25, 0.3) is 0 Å². The van der Waals surface area contributed by atoms with Gasteiger partial charge in [-0.25, -0.2) is 0 Å². The number of hydrogen-bond donors (Lipinski definition) is 0. The van der Waals surface area contributed by atoms with Gasteiger partial charge in [0, 0.05) is 6.54 Å². The van der Waals surface area contributed by atoms with Gasteiger partial charge in [0.1, 0.15) is 0 Å². The van der Waals surface area contributed by atoms with Crippen LogP contribution in [0.1, 0.15) is 26.2 Å². The van der Waals surface area contributed by atoms with E-state index in [-0.39, 0.29) is 0 Å². The average molecular weight is 156 g/mol. The van der Waals surface area contributed by atoms with Gasteiger partial charge in [-0.05, 0) is 26.2 Å². The van der Waals surface area contributed by atoms with E-state index in [1.165, 1.54) is 30.9 Å². The van der Waals surface area contributed by atoms with Crippen molar-refractivity contribution in [2.45, 2.75) is 31.6 Å². The van der Waals surface area contributed by atoms with E-state index in [2.05, 4.69) is 17.0 Å². The maximum atomic E-state index is 4.42. The first-order chi connectivity index (χ1) is 4.86. The van der Waals surface area contributed by atoms with Gasteiger partial charge in [-0.1, -0.05) is 11.8 Å². The molecule has 2 heterocycles. The van der Waals surface area contributed by atoms with E-state index < -0.39 is 0 Å². The molecular formula is C7H12N2S. The first kappa shape index (κ1) is 6.53. The molecular weight excluding hydrogens is 144 g/mol. The highest BCUT2D eigenvalue weighted by molar-refractivity contribution is 8.14. The number of nitrogens with zero attached hydrogens (tertiary/aromatic N) is 2. The summed E-state index contributed by atoms with van der Waals surface area (Å²) in [4.78, 5) is 0.